The van der Waals surface area contributed by atoms with Crippen LogP contribution in [0.15, 0.2) is 11.6 Å². The van der Waals surface area contributed by atoms with E-state index in [-0.39, 0.29) is 0 Å². The molecule has 0 saturated heterocycles. The van der Waals surface area contributed by atoms with Crippen molar-refractivity contribution in [2.45, 2.75) is 45.4 Å². The molecule has 0 heteroatoms. The van der Waals surface area contributed by atoms with Crippen LogP contribution in [0.3, 0.4) is 0 Å². The minimum absolute atomic E-state index is 0.984. The molecule has 2 aliphatic rings. The summed E-state index contributed by atoms with van der Waals surface area (Å²) >= 11 is 0. The Balaban J connectivity index is 2.03. The maximum absolute atomic E-state index is 2.51. The number of rotatable bonds is 1. The summed E-state index contributed by atoms with van der Waals surface area (Å²) in [6, 6.07) is 0. The molecule has 0 aromatic rings. The molecule has 0 aromatic heterocycles. The van der Waals surface area contributed by atoms with Gasteiger partial charge < -0.3 is 0 Å². The van der Waals surface area contributed by atoms with Crippen LogP contribution in [0.1, 0.15) is 45.4 Å². The highest BCUT2D eigenvalue weighted by Crippen LogP contribution is 2.40. The van der Waals surface area contributed by atoms with Gasteiger partial charge in [0.1, 0.15) is 0 Å². The molecule has 62 valence electrons. The lowest BCUT2D eigenvalue weighted by Crippen LogP contribution is -2.05. The molecule has 1 fully saturated rings. The summed E-state index contributed by atoms with van der Waals surface area (Å²) in [5.41, 5.74) is 1.80. The highest BCUT2D eigenvalue weighted by molar-refractivity contribution is 5.13. The first-order valence-electron chi connectivity index (χ1n) is 5.07. The molecule has 2 aliphatic carbocycles. The van der Waals surface area contributed by atoms with E-state index in [9.17, 15) is 0 Å². The van der Waals surface area contributed by atoms with Crippen LogP contribution in [0, 0.1) is 11.8 Å². The van der Waals surface area contributed by atoms with Gasteiger partial charge in [0.2, 0.25) is 0 Å². The van der Waals surface area contributed by atoms with Crippen LogP contribution in [0.5, 0.6) is 0 Å². The van der Waals surface area contributed by atoms with E-state index in [1.807, 2.05) is 0 Å². The molecular weight excluding hydrogens is 132 g/mol. The highest BCUT2D eigenvalue weighted by atomic mass is 14.3. The molecular formula is C11H18. The second-order valence-electron chi connectivity index (χ2n) is 4.19. The van der Waals surface area contributed by atoms with Crippen LogP contribution in [-0.2, 0) is 0 Å². The van der Waals surface area contributed by atoms with Gasteiger partial charge in [0.05, 0.1) is 0 Å². The van der Waals surface area contributed by atoms with Gasteiger partial charge in [0.15, 0.2) is 0 Å². The number of allylic oxidation sites excluding steroid dienone is 2. The fraction of sp³-hybridized carbons (Fsp3) is 0.818. The van der Waals surface area contributed by atoms with Crippen LogP contribution >= 0.6 is 0 Å². The Bertz CT molecular complexity index is 167. The second-order valence-corrected chi connectivity index (χ2v) is 4.19. The van der Waals surface area contributed by atoms with Crippen molar-refractivity contribution in [2.24, 2.45) is 11.8 Å². The molecule has 1 saturated carbocycles. The Hall–Kier alpha value is -0.260. The summed E-state index contributed by atoms with van der Waals surface area (Å²) < 4.78 is 0. The summed E-state index contributed by atoms with van der Waals surface area (Å²) in [5, 5.41) is 0. The normalized spacial score (nSPS) is 37.7. The Labute approximate surface area is 69.7 Å². The number of hydrogen-bond acceptors (Lipinski definition) is 0. The quantitative estimate of drug-likeness (QED) is 0.502. The van der Waals surface area contributed by atoms with Crippen LogP contribution in [0.2, 0.25) is 0 Å². The average molecular weight is 150 g/mol. The van der Waals surface area contributed by atoms with E-state index in [1.165, 1.54) is 38.5 Å². The largest absolute Gasteiger partial charge is 0.0850 e. The monoisotopic (exact) mass is 150 g/mol. The fourth-order valence-corrected chi connectivity index (χ4v) is 2.73. The van der Waals surface area contributed by atoms with Crippen molar-refractivity contribution >= 4 is 0 Å². The van der Waals surface area contributed by atoms with E-state index in [2.05, 4.69) is 13.0 Å². The molecule has 0 radical (unpaired) electrons. The predicted molar refractivity (Wildman–Crippen MR) is 48.4 cm³/mol. The molecule has 0 aromatic carbocycles. The minimum Gasteiger partial charge on any atom is -0.0850 e. The van der Waals surface area contributed by atoms with Crippen molar-refractivity contribution in [1.82, 2.24) is 0 Å². The van der Waals surface area contributed by atoms with E-state index in [4.69, 9.17) is 0 Å². The van der Waals surface area contributed by atoms with Crippen molar-refractivity contribution in [3.8, 4) is 0 Å². The molecule has 2 rings (SSSR count). The topological polar surface area (TPSA) is 0 Å². The maximum atomic E-state index is 2.51. The average Bonchev–Trinajstić information content (AvgIpc) is 2.55. The van der Waals surface area contributed by atoms with Crippen LogP contribution in [-0.4, -0.2) is 0 Å². The van der Waals surface area contributed by atoms with Gasteiger partial charge in [-0.15, -0.1) is 0 Å². The van der Waals surface area contributed by atoms with Crippen molar-refractivity contribution < 1.29 is 0 Å². The van der Waals surface area contributed by atoms with E-state index >= 15 is 0 Å². The molecule has 11 heavy (non-hydrogen) atoms. The number of hydrogen-bond donors (Lipinski definition) is 0. The van der Waals surface area contributed by atoms with Crippen molar-refractivity contribution in [1.29, 1.82) is 0 Å². The third kappa shape index (κ3) is 1.36. The molecule has 2 atom stereocenters. The smallest absolute Gasteiger partial charge is 0.0178 e. The lowest BCUT2D eigenvalue weighted by Gasteiger charge is -2.16. The van der Waals surface area contributed by atoms with E-state index in [1.54, 1.807) is 5.57 Å². The zero-order valence-corrected chi connectivity index (χ0v) is 7.47. The highest BCUT2D eigenvalue weighted by Gasteiger charge is 2.27. The molecule has 0 amide bonds. The Morgan fingerprint density at radius 1 is 1.27 bits per heavy atom. The fourth-order valence-electron chi connectivity index (χ4n) is 2.73. The van der Waals surface area contributed by atoms with Gasteiger partial charge >= 0.3 is 0 Å². The van der Waals surface area contributed by atoms with Crippen molar-refractivity contribution in [3.05, 3.63) is 11.6 Å². The third-order valence-corrected chi connectivity index (χ3v) is 3.41. The first-order valence-corrected chi connectivity index (χ1v) is 5.07. The zero-order valence-electron chi connectivity index (χ0n) is 7.47. The van der Waals surface area contributed by atoms with Crippen LogP contribution in [0.25, 0.3) is 0 Å². The molecule has 0 spiro atoms. The van der Waals surface area contributed by atoms with Gasteiger partial charge in [-0.05, 0) is 37.5 Å². The van der Waals surface area contributed by atoms with Gasteiger partial charge in [-0.2, -0.15) is 0 Å². The van der Waals surface area contributed by atoms with Gasteiger partial charge in [-0.1, -0.05) is 31.4 Å². The molecule has 0 bridgehead atoms. The molecule has 0 heterocycles. The lowest BCUT2D eigenvalue weighted by atomic mass is 9.90. The molecule has 0 aliphatic heterocycles. The Morgan fingerprint density at radius 2 is 2.18 bits per heavy atom. The van der Waals surface area contributed by atoms with Crippen LogP contribution in [0.4, 0.5) is 0 Å². The van der Waals surface area contributed by atoms with Gasteiger partial charge in [-0.3, -0.25) is 0 Å². The summed E-state index contributed by atoms with van der Waals surface area (Å²) in [5.74, 6) is 1.97. The lowest BCUT2D eigenvalue weighted by molar-refractivity contribution is 0.471. The summed E-state index contributed by atoms with van der Waals surface area (Å²) in [7, 11) is 0. The van der Waals surface area contributed by atoms with Crippen molar-refractivity contribution in [3.63, 3.8) is 0 Å². The molecule has 2 unspecified atom stereocenters. The summed E-state index contributed by atoms with van der Waals surface area (Å²) in [6.07, 6.45) is 11.1. The predicted octanol–water partition coefficient (Wildman–Crippen LogP) is 3.53. The Morgan fingerprint density at radius 3 is 2.73 bits per heavy atom. The maximum Gasteiger partial charge on any atom is -0.0178 e. The first kappa shape index (κ1) is 7.39. The van der Waals surface area contributed by atoms with E-state index < -0.39 is 0 Å². The Kier molecular flexibility index (Phi) is 2.02. The van der Waals surface area contributed by atoms with Gasteiger partial charge in [0, 0.05) is 0 Å². The molecule has 0 N–H and O–H groups in total. The van der Waals surface area contributed by atoms with Gasteiger partial charge in [0.25, 0.3) is 0 Å². The summed E-state index contributed by atoms with van der Waals surface area (Å²) in [6.45, 7) is 2.43. The SMILES string of the molecule is CC1CCCC1C1=CCCC1. The van der Waals surface area contributed by atoms with Crippen LogP contribution < -0.4 is 0 Å². The standard InChI is InChI=1S/C11H18/c1-9-5-4-8-11(9)10-6-2-3-7-10/h6,9,11H,2-5,7-8H2,1H3. The summed E-state index contributed by atoms with van der Waals surface area (Å²) in [4.78, 5) is 0. The van der Waals surface area contributed by atoms with E-state index in [0.717, 1.165) is 11.8 Å². The van der Waals surface area contributed by atoms with Gasteiger partial charge in [-0.25, -0.2) is 0 Å². The van der Waals surface area contributed by atoms with Crippen molar-refractivity contribution in [2.75, 3.05) is 0 Å². The first-order chi connectivity index (χ1) is 5.38. The van der Waals surface area contributed by atoms with E-state index in [0.29, 0.717) is 0 Å². The third-order valence-electron chi connectivity index (χ3n) is 3.41. The minimum atomic E-state index is 0.984. The zero-order chi connectivity index (χ0) is 7.68. The molecule has 0 nitrogen and oxygen atoms in total. The second kappa shape index (κ2) is 3.00.